The summed E-state index contributed by atoms with van der Waals surface area (Å²) in [6.45, 7) is 7.53. The second kappa shape index (κ2) is 13.0. The van der Waals surface area contributed by atoms with Crippen molar-refractivity contribution >= 4 is 45.8 Å². The maximum Gasteiger partial charge on any atom is 0.254 e. The summed E-state index contributed by atoms with van der Waals surface area (Å²) in [5.41, 5.74) is 2.36. The van der Waals surface area contributed by atoms with Gasteiger partial charge in [-0.05, 0) is 43.7 Å². The number of carbonyl (C=O) groups excluding carboxylic acids is 3. The number of carbonyl (C=O) groups is 3. The SMILES string of the molecule is CC(C)N(CC(=O)Nc1nc(CC(=O)N2CCN(Cc3ccccc3)CC2)cs1)C(=O)c1ccc(Cl)cc1. The lowest BCUT2D eigenvalue weighted by atomic mass is 10.1. The molecule has 1 fully saturated rings. The number of benzene rings is 2. The van der Waals surface area contributed by atoms with E-state index in [1.54, 1.807) is 29.6 Å². The Labute approximate surface area is 232 Å². The third-order valence-corrected chi connectivity index (χ3v) is 7.45. The molecule has 2 heterocycles. The average molecular weight is 554 g/mol. The summed E-state index contributed by atoms with van der Waals surface area (Å²) in [6, 6.07) is 16.7. The van der Waals surface area contributed by atoms with Crippen molar-refractivity contribution in [2.24, 2.45) is 0 Å². The number of halogens is 1. The molecule has 1 aliphatic heterocycles. The third-order valence-electron chi connectivity index (χ3n) is 6.39. The number of aromatic nitrogens is 1. The molecular weight excluding hydrogens is 522 g/mol. The van der Waals surface area contributed by atoms with E-state index in [1.165, 1.54) is 21.8 Å². The molecule has 0 radical (unpaired) electrons. The normalized spacial score (nSPS) is 13.9. The summed E-state index contributed by atoms with van der Waals surface area (Å²) in [5.74, 6) is -0.559. The molecule has 38 heavy (non-hydrogen) atoms. The van der Waals surface area contributed by atoms with Crippen LogP contribution in [0.5, 0.6) is 0 Å². The Morgan fingerprint density at radius 3 is 2.37 bits per heavy atom. The molecule has 1 saturated heterocycles. The topological polar surface area (TPSA) is 85.8 Å². The van der Waals surface area contributed by atoms with Crippen molar-refractivity contribution in [1.82, 2.24) is 19.7 Å². The van der Waals surface area contributed by atoms with Crippen molar-refractivity contribution in [2.45, 2.75) is 32.9 Å². The van der Waals surface area contributed by atoms with Crippen LogP contribution in [0.4, 0.5) is 5.13 Å². The fourth-order valence-corrected chi connectivity index (χ4v) is 5.12. The first kappa shape index (κ1) is 27.8. The first-order valence-electron chi connectivity index (χ1n) is 12.6. The highest BCUT2D eigenvalue weighted by Gasteiger charge is 2.24. The number of piperazine rings is 1. The van der Waals surface area contributed by atoms with Crippen LogP contribution in [0.2, 0.25) is 5.02 Å². The van der Waals surface area contributed by atoms with E-state index in [0.717, 1.165) is 19.6 Å². The van der Waals surface area contributed by atoms with Crippen LogP contribution in [0.3, 0.4) is 0 Å². The average Bonchev–Trinajstić information content (AvgIpc) is 3.34. The molecule has 2 aromatic carbocycles. The Bertz CT molecular complexity index is 1240. The summed E-state index contributed by atoms with van der Waals surface area (Å²) in [5, 5.41) is 5.51. The van der Waals surface area contributed by atoms with Crippen LogP contribution >= 0.6 is 22.9 Å². The predicted octanol–water partition coefficient (Wildman–Crippen LogP) is 4.17. The molecule has 0 saturated carbocycles. The predicted molar refractivity (Wildman–Crippen MR) is 150 cm³/mol. The minimum atomic E-state index is -0.345. The Balaban J connectivity index is 1.25. The Morgan fingerprint density at radius 2 is 1.71 bits per heavy atom. The maximum absolute atomic E-state index is 12.9. The summed E-state index contributed by atoms with van der Waals surface area (Å²) >= 11 is 7.19. The Hall–Kier alpha value is -3.27. The first-order chi connectivity index (χ1) is 18.3. The highest BCUT2D eigenvalue weighted by molar-refractivity contribution is 7.13. The monoisotopic (exact) mass is 553 g/mol. The van der Waals surface area contributed by atoms with Gasteiger partial charge in [0.25, 0.3) is 5.91 Å². The van der Waals surface area contributed by atoms with E-state index in [9.17, 15) is 14.4 Å². The highest BCUT2D eigenvalue weighted by Crippen LogP contribution is 2.18. The lowest BCUT2D eigenvalue weighted by molar-refractivity contribution is -0.132. The number of rotatable bonds is 9. The van der Waals surface area contributed by atoms with Crippen LogP contribution in [0.1, 0.15) is 35.5 Å². The summed E-state index contributed by atoms with van der Waals surface area (Å²) in [7, 11) is 0. The molecule has 0 aliphatic carbocycles. The number of hydrogen-bond acceptors (Lipinski definition) is 6. The lowest BCUT2D eigenvalue weighted by Gasteiger charge is -2.34. The van der Waals surface area contributed by atoms with Gasteiger partial charge in [0, 0.05) is 54.7 Å². The molecule has 3 aromatic rings. The molecule has 1 aliphatic rings. The van der Waals surface area contributed by atoms with E-state index in [2.05, 4.69) is 27.3 Å². The van der Waals surface area contributed by atoms with Crippen molar-refractivity contribution in [1.29, 1.82) is 0 Å². The van der Waals surface area contributed by atoms with E-state index in [-0.39, 0.29) is 36.7 Å². The summed E-state index contributed by atoms with van der Waals surface area (Å²) in [4.78, 5) is 48.6. The largest absolute Gasteiger partial charge is 0.340 e. The number of nitrogens with one attached hydrogen (secondary N) is 1. The van der Waals surface area contributed by atoms with Crippen molar-refractivity contribution < 1.29 is 14.4 Å². The van der Waals surface area contributed by atoms with E-state index >= 15 is 0 Å². The van der Waals surface area contributed by atoms with Gasteiger partial charge in [-0.15, -0.1) is 11.3 Å². The molecule has 8 nitrogen and oxygen atoms in total. The van der Waals surface area contributed by atoms with Gasteiger partial charge in [-0.25, -0.2) is 4.98 Å². The zero-order valence-electron chi connectivity index (χ0n) is 21.6. The van der Waals surface area contributed by atoms with Crippen molar-refractivity contribution in [2.75, 3.05) is 38.0 Å². The van der Waals surface area contributed by atoms with Crippen LogP contribution in [-0.4, -0.2) is 76.2 Å². The van der Waals surface area contributed by atoms with Crippen molar-refractivity contribution in [3.05, 3.63) is 81.8 Å². The Morgan fingerprint density at radius 1 is 1.03 bits per heavy atom. The minimum Gasteiger partial charge on any atom is -0.340 e. The fraction of sp³-hybridized carbons (Fsp3) is 0.357. The molecule has 1 aromatic heterocycles. The van der Waals surface area contributed by atoms with E-state index < -0.39 is 0 Å². The first-order valence-corrected chi connectivity index (χ1v) is 13.9. The molecular formula is C28H32ClN5O3S. The van der Waals surface area contributed by atoms with E-state index in [1.807, 2.05) is 36.9 Å². The molecule has 0 unspecified atom stereocenters. The fourth-order valence-electron chi connectivity index (χ4n) is 4.27. The summed E-state index contributed by atoms with van der Waals surface area (Å²) in [6.07, 6.45) is 0.193. The molecule has 3 amide bonds. The molecule has 0 atom stereocenters. The molecule has 0 spiro atoms. The highest BCUT2D eigenvalue weighted by atomic mass is 35.5. The zero-order chi connectivity index (χ0) is 27.1. The second-order valence-corrected chi connectivity index (χ2v) is 10.8. The molecule has 200 valence electrons. The van der Waals surface area contributed by atoms with Crippen molar-refractivity contribution in [3.8, 4) is 0 Å². The Kier molecular flexibility index (Phi) is 9.49. The van der Waals surface area contributed by atoms with E-state index in [4.69, 9.17) is 11.6 Å². The standard InChI is InChI=1S/C28H32ClN5O3S/c1-20(2)34(27(37)22-8-10-23(29)11-9-22)18-25(35)31-28-30-24(19-38-28)16-26(36)33-14-12-32(13-15-33)17-21-6-4-3-5-7-21/h3-11,19-20H,12-18H2,1-2H3,(H,30,31,35). The van der Waals surface area contributed by atoms with Gasteiger partial charge < -0.3 is 15.1 Å². The van der Waals surface area contributed by atoms with Crippen LogP contribution in [-0.2, 0) is 22.6 Å². The molecule has 0 bridgehead atoms. The van der Waals surface area contributed by atoms with Gasteiger partial charge in [0.2, 0.25) is 11.8 Å². The smallest absolute Gasteiger partial charge is 0.254 e. The molecule has 1 N–H and O–H groups in total. The molecule has 4 rings (SSSR count). The third kappa shape index (κ3) is 7.63. The molecule has 10 heteroatoms. The summed E-state index contributed by atoms with van der Waals surface area (Å²) < 4.78 is 0. The van der Waals surface area contributed by atoms with Crippen LogP contribution < -0.4 is 5.32 Å². The van der Waals surface area contributed by atoms with Gasteiger partial charge in [0.15, 0.2) is 5.13 Å². The van der Waals surface area contributed by atoms with E-state index in [0.29, 0.717) is 34.5 Å². The van der Waals surface area contributed by atoms with Crippen LogP contribution in [0.15, 0.2) is 60.0 Å². The number of amides is 3. The maximum atomic E-state index is 12.9. The van der Waals surface area contributed by atoms with Gasteiger partial charge in [-0.2, -0.15) is 0 Å². The lowest BCUT2D eigenvalue weighted by Crippen LogP contribution is -2.48. The second-order valence-electron chi connectivity index (χ2n) is 9.55. The van der Waals surface area contributed by atoms with Crippen LogP contribution in [0, 0.1) is 0 Å². The van der Waals surface area contributed by atoms with Crippen molar-refractivity contribution in [3.63, 3.8) is 0 Å². The zero-order valence-corrected chi connectivity index (χ0v) is 23.2. The van der Waals surface area contributed by atoms with Crippen LogP contribution in [0.25, 0.3) is 0 Å². The minimum absolute atomic E-state index is 0.0343. The van der Waals surface area contributed by atoms with Gasteiger partial charge in [-0.3, -0.25) is 19.3 Å². The quantitative estimate of drug-likeness (QED) is 0.430. The number of nitrogens with zero attached hydrogens (tertiary/aromatic N) is 4. The number of anilines is 1. The van der Waals surface area contributed by atoms with Gasteiger partial charge in [0.1, 0.15) is 6.54 Å². The van der Waals surface area contributed by atoms with Gasteiger partial charge >= 0.3 is 0 Å². The van der Waals surface area contributed by atoms with Gasteiger partial charge in [-0.1, -0.05) is 41.9 Å². The van der Waals surface area contributed by atoms with Gasteiger partial charge in [0.05, 0.1) is 12.1 Å². The number of hydrogen-bond donors (Lipinski definition) is 1. The number of thiazole rings is 1.